The first-order valence-electron chi connectivity index (χ1n) is 3.39. The van der Waals surface area contributed by atoms with Gasteiger partial charge in [0.2, 0.25) is 0 Å². The first-order chi connectivity index (χ1) is 5.25. The molecule has 0 bridgehead atoms. The fourth-order valence-corrected chi connectivity index (χ4v) is 0.747. The molecule has 0 radical (unpaired) electrons. The van der Waals surface area contributed by atoms with E-state index in [0.29, 0.717) is 0 Å². The van der Waals surface area contributed by atoms with Crippen molar-refractivity contribution in [1.29, 1.82) is 0 Å². The summed E-state index contributed by atoms with van der Waals surface area (Å²) in [6.45, 7) is 5.51. The molecule has 1 aromatic heterocycles. The average Bonchev–Trinajstić information content (AvgIpc) is 2.31. The van der Waals surface area contributed by atoms with Crippen molar-refractivity contribution < 1.29 is 0 Å². The zero-order chi connectivity index (χ0) is 8.27. The van der Waals surface area contributed by atoms with Crippen LogP contribution in [0, 0.1) is 6.92 Å². The highest BCUT2D eigenvalue weighted by Crippen LogP contribution is 2.14. The van der Waals surface area contributed by atoms with Crippen LogP contribution in [-0.4, -0.2) is 16.0 Å². The molecule has 0 amide bonds. The second-order valence-electron chi connectivity index (χ2n) is 2.25. The van der Waals surface area contributed by atoms with E-state index >= 15 is 0 Å². The van der Waals surface area contributed by atoms with Gasteiger partial charge in [0, 0.05) is 13.3 Å². The molecule has 0 fully saturated rings. The highest BCUT2D eigenvalue weighted by molar-refractivity contribution is 5.73. The molecule has 0 aliphatic heterocycles. The molecule has 3 heteroatoms. The Morgan fingerprint density at radius 3 is 2.91 bits per heavy atom. The van der Waals surface area contributed by atoms with Crippen molar-refractivity contribution >= 4 is 11.9 Å². The zero-order valence-corrected chi connectivity index (χ0v) is 6.78. The summed E-state index contributed by atoms with van der Waals surface area (Å²) in [4.78, 5) is 4.12. The lowest BCUT2D eigenvalue weighted by molar-refractivity contribution is 0.740. The summed E-state index contributed by atoms with van der Waals surface area (Å²) in [6.07, 6.45) is 5.03. The maximum absolute atomic E-state index is 4.12. The van der Waals surface area contributed by atoms with Crippen LogP contribution in [0.25, 0.3) is 0 Å². The van der Waals surface area contributed by atoms with Crippen molar-refractivity contribution in [3.63, 3.8) is 0 Å². The number of rotatable bonds is 2. The summed E-state index contributed by atoms with van der Waals surface area (Å²) in [5, 5.41) is 4.04. The van der Waals surface area contributed by atoms with Gasteiger partial charge in [-0.05, 0) is 6.92 Å². The molecule has 1 rings (SSSR count). The predicted molar refractivity (Wildman–Crippen MR) is 46.3 cm³/mol. The molecule has 0 saturated heterocycles. The van der Waals surface area contributed by atoms with Gasteiger partial charge in [0.05, 0.1) is 11.9 Å². The molecule has 0 unspecified atom stereocenters. The van der Waals surface area contributed by atoms with E-state index in [2.05, 4.69) is 16.7 Å². The standard InChI is InChI=1S/C8H11N3/c1-4-5-9-8-6-10-11(3)7(8)2/h4-6H,1H2,2-3H3/b9-5-. The van der Waals surface area contributed by atoms with E-state index in [1.54, 1.807) is 23.2 Å². The van der Waals surface area contributed by atoms with E-state index in [1.165, 1.54) is 0 Å². The number of nitrogens with zero attached hydrogens (tertiary/aromatic N) is 3. The van der Waals surface area contributed by atoms with Crippen molar-refractivity contribution in [2.45, 2.75) is 6.92 Å². The van der Waals surface area contributed by atoms with Crippen LogP contribution in [-0.2, 0) is 7.05 Å². The van der Waals surface area contributed by atoms with Crippen molar-refractivity contribution in [2.75, 3.05) is 0 Å². The summed E-state index contributed by atoms with van der Waals surface area (Å²) >= 11 is 0. The van der Waals surface area contributed by atoms with Crippen LogP contribution in [0.4, 0.5) is 5.69 Å². The number of aromatic nitrogens is 2. The Kier molecular flexibility index (Phi) is 2.21. The summed E-state index contributed by atoms with van der Waals surface area (Å²) in [7, 11) is 1.89. The Morgan fingerprint density at radius 2 is 2.45 bits per heavy atom. The number of aliphatic imine (C=N–C) groups is 1. The van der Waals surface area contributed by atoms with Gasteiger partial charge in [-0.3, -0.25) is 9.67 Å². The van der Waals surface area contributed by atoms with Crippen LogP contribution in [0.1, 0.15) is 5.69 Å². The van der Waals surface area contributed by atoms with Crippen LogP contribution in [0.3, 0.4) is 0 Å². The lowest BCUT2D eigenvalue weighted by Gasteiger charge is -1.91. The molecule has 1 heterocycles. The van der Waals surface area contributed by atoms with Crippen molar-refractivity contribution in [2.24, 2.45) is 12.0 Å². The second kappa shape index (κ2) is 3.14. The number of allylic oxidation sites excluding steroid dienone is 1. The number of aryl methyl sites for hydroxylation is 1. The van der Waals surface area contributed by atoms with E-state index in [9.17, 15) is 0 Å². The summed E-state index contributed by atoms with van der Waals surface area (Å²) in [6, 6.07) is 0. The monoisotopic (exact) mass is 149 g/mol. The van der Waals surface area contributed by atoms with Gasteiger partial charge < -0.3 is 0 Å². The molecule has 0 saturated carbocycles. The molecule has 58 valence electrons. The molecule has 3 nitrogen and oxygen atoms in total. The Morgan fingerprint density at radius 1 is 1.73 bits per heavy atom. The maximum Gasteiger partial charge on any atom is 0.104 e. The van der Waals surface area contributed by atoms with Crippen LogP contribution in [0.5, 0.6) is 0 Å². The number of hydrogen-bond donors (Lipinski definition) is 0. The summed E-state index contributed by atoms with van der Waals surface area (Å²) in [5.74, 6) is 0. The van der Waals surface area contributed by atoms with E-state index < -0.39 is 0 Å². The van der Waals surface area contributed by atoms with Crippen LogP contribution in [0.15, 0.2) is 23.8 Å². The summed E-state index contributed by atoms with van der Waals surface area (Å²) in [5.41, 5.74) is 1.95. The minimum atomic E-state index is 0.896. The molecular formula is C8H11N3. The fraction of sp³-hybridized carbons (Fsp3) is 0.250. The Balaban J connectivity index is 2.95. The maximum atomic E-state index is 4.12. The van der Waals surface area contributed by atoms with Crippen LogP contribution >= 0.6 is 0 Å². The second-order valence-corrected chi connectivity index (χ2v) is 2.25. The van der Waals surface area contributed by atoms with Crippen molar-refractivity contribution in [1.82, 2.24) is 9.78 Å². The normalized spacial score (nSPS) is 10.7. The first kappa shape index (κ1) is 7.72. The smallest absolute Gasteiger partial charge is 0.104 e. The van der Waals surface area contributed by atoms with Crippen molar-refractivity contribution in [3.8, 4) is 0 Å². The summed E-state index contributed by atoms with van der Waals surface area (Å²) < 4.78 is 1.79. The highest BCUT2D eigenvalue weighted by Gasteiger charge is 1.98. The first-order valence-corrected chi connectivity index (χ1v) is 3.39. The lowest BCUT2D eigenvalue weighted by atomic mass is 10.4. The Hall–Kier alpha value is -1.38. The van der Waals surface area contributed by atoms with Gasteiger partial charge in [0.1, 0.15) is 5.69 Å². The lowest BCUT2D eigenvalue weighted by Crippen LogP contribution is -1.91. The molecule has 0 aliphatic rings. The SMILES string of the molecule is C=C/C=N\c1cnn(C)c1C. The van der Waals surface area contributed by atoms with Crippen LogP contribution < -0.4 is 0 Å². The molecule has 0 aromatic carbocycles. The molecular weight excluding hydrogens is 138 g/mol. The largest absolute Gasteiger partial charge is 0.271 e. The molecule has 0 spiro atoms. The minimum Gasteiger partial charge on any atom is -0.271 e. The topological polar surface area (TPSA) is 30.2 Å². The van der Waals surface area contributed by atoms with Crippen LogP contribution in [0.2, 0.25) is 0 Å². The minimum absolute atomic E-state index is 0.896. The van der Waals surface area contributed by atoms with Gasteiger partial charge >= 0.3 is 0 Å². The third-order valence-electron chi connectivity index (χ3n) is 1.53. The zero-order valence-electron chi connectivity index (χ0n) is 6.78. The van der Waals surface area contributed by atoms with Gasteiger partial charge in [-0.2, -0.15) is 5.10 Å². The quantitative estimate of drug-likeness (QED) is 0.587. The molecule has 1 aromatic rings. The van der Waals surface area contributed by atoms with Crippen molar-refractivity contribution in [3.05, 3.63) is 24.5 Å². The van der Waals surface area contributed by atoms with Gasteiger partial charge in [-0.25, -0.2) is 0 Å². The molecule has 11 heavy (non-hydrogen) atoms. The van der Waals surface area contributed by atoms with E-state index in [-0.39, 0.29) is 0 Å². The Labute approximate surface area is 66.1 Å². The Bertz CT molecular complexity index is 284. The van der Waals surface area contributed by atoms with E-state index in [1.807, 2.05) is 14.0 Å². The fourth-order valence-electron chi connectivity index (χ4n) is 0.747. The third kappa shape index (κ3) is 1.55. The number of hydrogen-bond acceptors (Lipinski definition) is 2. The molecule has 0 N–H and O–H groups in total. The molecule has 0 atom stereocenters. The van der Waals surface area contributed by atoms with Gasteiger partial charge in [-0.15, -0.1) is 0 Å². The van der Waals surface area contributed by atoms with Gasteiger partial charge in [0.15, 0.2) is 0 Å². The van der Waals surface area contributed by atoms with Gasteiger partial charge in [0.25, 0.3) is 0 Å². The van der Waals surface area contributed by atoms with E-state index in [4.69, 9.17) is 0 Å². The van der Waals surface area contributed by atoms with Gasteiger partial charge in [-0.1, -0.05) is 12.7 Å². The third-order valence-corrected chi connectivity index (χ3v) is 1.53. The highest BCUT2D eigenvalue weighted by atomic mass is 15.3. The average molecular weight is 149 g/mol. The predicted octanol–water partition coefficient (Wildman–Crippen LogP) is 1.62. The van der Waals surface area contributed by atoms with E-state index in [0.717, 1.165) is 11.4 Å². The molecule has 0 aliphatic carbocycles.